The lowest BCUT2D eigenvalue weighted by Crippen LogP contribution is -2.52. The highest BCUT2D eigenvalue weighted by Gasteiger charge is 2.22. The minimum atomic E-state index is -0.436. The summed E-state index contributed by atoms with van der Waals surface area (Å²) >= 11 is 0. The van der Waals surface area contributed by atoms with E-state index in [1.54, 1.807) is 6.07 Å². The second kappa shape index (κ2) is 10.1. The molecular formula is C22H28F2N4O2. The van der Waals surface area contributed by atoms with Gasteiger partial charge in [-0.15, -0.1) is 0 Å². The number of halogens is 2. The Morgan fingerprint density at radius 1 is 1.13 bits per heavy atom. The largest absolute Gasteiger partial charge is 0.504 e. The van der Waals surface area contributed by atoms with Crippen LogP contribution in [0.15, 0.2) is 41.4 Å². The Labute approximate surface area is 175 Å². The summed E-state index contributed by atoms with van der Waals surface area (Å²) < 4.78 is 32.7. The van der Waals surface area contributed by atoms with Crippen molar-refractivity contribution < 1.29 is 18.6 Å². The highest BCUT2D eigenvalue weighted by atomic mass is 19.1. The summed E-state index contributed by atoms with van der Waals surface area (Å²) in [7, 11) is 1.52. The topological polar surface area (TPSA) is 60.3 Å². The van der Waals surface area contributed by atoms with Crippen molar-refractivity contribution in [2.45, 2.75) is 13.3 Å². The van der Waals surface area contributed by atoms with E-state index in [1.165, 1.54) is 19.2 Å². The molecule has 0 bridgehead atoms. The van der Waals surface area contributed by atoms with E-state index in [9.17, 15) is 13.9 Å². The molecule has 1 fully saturated rings. The summed E-state index contributed by atoms with van der Waals surface area (Å²) in [5.41, 5.74) is 1.33. The number of benzene rings is 2. The second-order valence-corrected chi connectivity index (χ2v) is 7.06. The van der Waals surface area contributed by atoms with Crippen LogP contribution >= 0.6 is 0 Å². The van der Waals surface area contributed by atoms with Crippen LogP contribution in [0.1, 0.15) is 12.5 Å². The molecule has 6 nitrogen and oxygen atoms in total. The molecule has 2 aromatic carbocycles. The van der Waals surface area contributed by atoms with Gasteiger partial charge in [0.1, 0.15) is 11.6 Å². The van der Waals surface area contributed by atoms with Crippen molar-refractivity contribution in [3.05, 3.63) is 53.6 Å². The molecule has 30 heavy (non-hydrogen) atoms. The van der Waals surface area contributed by atoms with Gasteiger partial charge in [-0.25, -0.2) is 8.78 Å². The van der Waals surface area contributed by atoms with Crippen LogP contribution in [0.3, 0.4) is 0 Å². The quantitative estimate of drug-likeness (QED) is 0.558. The van der Waals surface area contributed by atoms with Crippen molar-refractivity contribution in [1.29, 1.82) is 0 Å². The van der Waals surface area contributed by atoms with Crippen LogP contribution in [0.4, 0.5) is 14.5 Å². The smallest absolute Gasteiger partial charge is 0.194 e. The molecule has 1 heterocycles. The number of anilines is 1. The number of aliphatic imine (C=N–C) groups is 1. The third-order valence-corrected chi connectivity index (χ3v) is 5.07. The Bertz CT molecular complexity index is 883. The van der Waals surface area contributed by atoms with Gasteiger partial charge in [0, 0.05) is 45.3 Å². The van der Waals surface area contributed by atoms with E-state index >= 15 is 0 Å². The minimum Gasteiger partial charge on any atom is -0.504 e. The Kier molecular flexibility index (Phi) is 7.32. The highest BCUT2D eigenvalue weighted by Crippen LogP contribution is 2.26. The first kappa shape index (κ1) is 21.7. The standard InChI is InChI=1S/C22H28F2N4O2/c1-3-25-22(26-9-8-16-4-7-20(29)21(14-16)30-2)28-12-10-27(11-13-28)19-15-17(23)5-6-18(19)24/h4-7,14-15,29H,3,8-13H2,1-2H3,(H,25,26). The number of ether oxygens (including phenoxy) is 1. The molecule has 0 saturated carbocycles. The zero-order valence-corrected chi connectivity index (χ0v) is 17.4. The lowest BCUT2D eigenvalue weighted by molar-refractivity contribution is 0.370. The number of piperazine rings is 1. The van der Waals surface area contributed by atoms with Crippen molar-refractivity contribution in [2.75, 3.05) is 51.3 Å². The van der Waals surface area contributed by atoms with Crippen molar-refractivity contribution >= 4 is 11.6 Å². The molecule has 0 aliphatic carbocycles. The maximum absolute atomic E-state index is 14.1. The number of nitrogens with zero attached hydrogens (tertiary/aromatic N) is 3. The van der Waals surface area contributed by atoms with Gasteiger partial charge >= 0.3 is 0 Å². The van der Waals surface area contributed by atoms with Crippen molar-refractivity contribution in [3.63, 3.8) is 0 Å². The number of nitrogens with one attached hydrogen (secondary N) is 1. The summed E-state index contributed by atoms with van der Waals surface area (Å²) in [5, 5.41) is 13.0. The zero-order chi connectivity index (χ0) is 21.5. The van der Waals surface area contributed by atoms with Gasteiger partial charge in [0.05, 0.1) is 12.8 Å². The molecule has 1 saturated heterocycles. The van der Waals surface area contributed by atoms with Crippen LogP contribution in [0.2, 0.25) is 0 Å². The number of rotatable bonds is 6. The number of aromatic hydroxyl groups is 1. The fraction of sp³-hybridized carbons (Fsp3) is 0.409. The third kappa shape index (κ3) is 5.31. The number of methoxy groups -OCH3 is 1. The number of phenols is 1. The van der Waals surface area contributed by atoms with Crippen LogP contribution in [-0.4, -0.2) is 62.3 Å². The Hall–Kier alpha value is -3.03. The fourth-order valence-corrected chi connectivity index (χ4v) is 3.48. The monoisotopic (exact) mass is 418 g/mol. The SMILES string of the molecule is CCNC(=NCCc1ccc(O)c(OC)c1)N1CCN(c2cc(F)ccc2F)CC1. The van der Waals surface area contributed by atoms with Gasteiger partial charge in [-0.05, 0) is 43.2 Å². The molecule has 0 unspecified atom stereocenters. The van der Waals surface area contributed by atoms with Crippen LogP contribution in [-0.2, 0) is 6.42 Å². The van der Waals surface area contributed by atoms with Gasteiger partial charge in [0.25, 0.3) is 0 Å². The first-order valence-electron chi connectivity index (χ1n) is 10.1. The summed E-state index contributed by atoms with van der Waals surface area (Å²) in [5.74, 6) is 0.529. The van der Waals surface area contributed by atoms with Crippen molar-refractivity contribution in [1.82, 2.24) is 10.2 Å². The zero-order valence-electron chi connectivity index (χ0n) is 17.4. The summed E-state index contributed by atoms with van der Waals surface area (Å²) in [6.45, 7) is 5.82. The molecule has 0 atom stereocenters. The van der Waals surface area contributed by atoms with Gasteiger partial charge in [0.2, 0.25) is 0 Å². The highest BCUT2D eigenvalue weighted by molar-refractivity contribution is 5.80. The van der Waals surface area contributed by atoms with Crippen LogP contribution in [0.25, 0.3) is 0 Å². The first-order chi connectivity index (χ1) is 14.5. The molecule has 8 heteroatoms. The number of phenolic OH excluding ortho intramolecular Hbond substituents is 1. The molecule has 2 aromatic rings. The van der Waals surface area contributed by atoms with Crippen LogP contribution in [0.5, 0.6) is 11.5 Å². The molecule has 2 N–H and O–H groups in total. The summed E-state index contributed by atoms with van der Waals surface area (Å²) in [6.07, 6.45) is 0.708. The minimum absolute atomic E-state index is 0.116. The molecular weight excluding hydrogens is 390 g/mol. The van der Waals surface area contributed by atoms with E-state index in [0.717, 1.165) is 24.1 Å². The number of hydrogen-bond donors (Lipinski definition) is 2. The van der Waals surface area contributed by atoms with Crippen molar-refractivity contribution in [2.24, 2.45) is 4.99 Å². The Balaban J connectivity index is 1.60. The fourth-order valence-electron chi connectivity index (χ4n) is 3.48. The normalized spacial score (nSPS) is 14.7. The number of guanidine groups is 1. The second-order valence-electron chi connectivity index (χ2n) is 7.06. The predicted octanol–water partition coefficient (Wildman–Crippen LogP) is 3.01. The van der Waals surface area contributed by atoms with Crippen LogP contribution < -0.4 is 15.0 Å². The average molecular weight is 418 g/mol. The molecule has 0 amide bonds. The third-order valence-electron chi connectivity index (χ3n) is 5.07. The maximum atomic E-state index is 14.1. The summed E-state index contributed by atoms with van der Waals surface area (Å²) in [4.78, 5) is 8.71. The molecule has 0 spiro atoms. The lowest BCUT2D eigenvalue weighted by Gasteiger charge is -2.37. The molecule has 3 rings (SSSR count). The Morgan fingerprint density at radius 3 is 2.60 bits per heavy atom. The predicted molar refractivity (Wildman–Crippen MR) is 114 cm³/mol. The average Bonchev–Trinajstić information content (AvgIpc) is 2.76. The van der Waals surface area contributed by atoms with Gasteiger partial charge in [-0.2, -0.15) is 0 Å². The van der Waals surface area contributed by atoms with E-state index in [-0.39, 0.29) is 5.75 Å². The lowest BCUT2D eigenvalue weighted by atomic mass is 10.1. The van der Waals surface area contributed by atoms with E-state index in [1.807, 2.05) is 24.0 Å². The molecule has 1 aliphatic rings. The first-order valence-corrected chi connectivity index (χ1v) is 10.1. The van der Waals surface area contributed by atoms with Gasteiger partial charge < -0.3 is 25.0 Å². The van der Waals surface area contributed by atoms with Gasteiger partial charge in [-0.1, -0.05) is 6.07 Å². The molecule has 0 radical (unpaired) electrons. The van der Waals surface area contributed by atoms with E-state index in [4.69, 9.17) is 9.73 Å². The molecule has 1 aliphatic heterocycles. The van der Waals surface area contributed by atoms with Gasteiger partial charge in [0.15, 0.2) is 17.5 Å². The maximum Gasteiger partial charge on any atom is 0.194 e. The molecule has 162 valence electrons. The number of hydrogen-bond acceptors (Lipinski definition) is 4. The van der Waals surface area contributed by atoms with E-state index in [0.29, 0.717) is 50.6 Å². The Morgan fingerprint density at radius 2 is 1.90 bits per heavy atom. The van der Waals surface area contributed by atoms with Gasteiger partial charge in [-0.3, -0.25) is 4.99 Å². The summed E-state index contributed by atoms with van der Waals surface area (Å²) in [6, 6.07) is 8.83. The van der Waals surface area contributed by atoms with Crippen LogP contribution in [0, 0.1) is 11.6 Å². The van der Waals surface area contributed by atoms with Crippen molar-refractivity contribution in [3.8, 4) is 11.5 Å². The van der Waals surface area contributed by atoms with E-state index in [2.05, 4.69) is 10.2 Å². The molecule has 0 aromatic heterocycles. The van der Waals surface area contributed by atoms with E-state index < -0.39 is 11.6 Å².